The Morgan fingerprint density at radius 1 is 0.558 bits per heavy atom. The van der Waals surface area contributed by atoms with Gasteiger partial charge >= 0.3 is 11.9 Å². The maximum absolute atomic E-state index is 12.8. The van der Waals surface area contributed by atoms with Gasteiger partial charge in [-0.15, -0.1) is 0 Å². The first-order valence-corrected chi connectivity index (χ1v) is 28.7. The van der Waals surface area contributed by atoms with Crippen LogP contribution in [-0.4, -0.2) is 61.5 Å². The molecule has 2 saturated carbocycles. The first-order chi connectivity index (χ1) is 37.0. The molecule has 2 atom stereocenters. The van der Waals surface area contributed by atoms with Crippen molar-refractivity contribution < 1.29 is 33.3 Å². The lowest BCUT2D eigenvalue weighted by molar-refractivity contribution is -0.150. The molecule has 4 aliphatic rings. The summed E-state index contributed by atoms with van der Waals surface area (Å²) >= 11 is 0. The zero-order chi connectivity index (χ0) is 54.5. The molecular formula is C68H86N2O7. The van der Waals surface area contributed by atoms with E-state index in [0.717, 1.165) is 128 Å². The van der Waals surface area contributed by atoms with Gasteiger partial charge < -0.3 is 24.3 Å². The van der Waals surface area contributed by atoms with E-state index in [4.69, 9.17) is 18.9 Å². The number of ether oxygens (including phenoxy) is 4. The topological polar surface area (TPSA) is 103 Å². The van der Waals surface area contributed by atoms with Crippen molar-refractivity contribution in [3.05, 3.63) is 155 Å². The van der Waals surface area contributed by atoms with Gasteiger partial charge in [-0.2, -0.15) is 0 Å². The van der Waals surface area contributed by atoms with Crippen molar-refractivity contribution in [2.45, 2.75) is 152 Å². The molecule has 10 rings (SSSR count). The fraction of sp³-hybridized carbons (Fsp3) is 0.485. The number of likely N-dealkylation sites (tertiary alicyclic amines) is 1. The molecule has 0 bridgehead atoms. The van der Waals surface area contributed by atoms with Crippen LogP contribution in [0, 0.1) is 48.3 Å². The second-order valence-corrected chi connectivity index (χ2v) is 24.5. The van der Waals surface area contributed by atoms with Crippen LogP contribution in [0.1, 0.15) is 144 Å². The highest BCUT2D eigenvalue weighted by Crippen LogP contribution is 2.42. The minimum Gasteiger partial charge on any atom is -0.490 e. The zero-order valence-electron chi connectivity index (χ0n) is 47.4. The SMILES string of the molecule is Cc1cc(OC2CCC(C(C)(C)C)CC2)c(C=O)c2ccccc12.Cc1cc(OC2CCC(C(C)(C)C)CC2)c(CN2CC[C@@H](C(=O)OCc3ccccc3)C2)c2ccccc12.O=C(OCc1ccccc1)[C@@H]1CCNC1. The lowest BCUT2D eigenvalue weighted by Gasteiger charge is -2.37. The summed E-state index contributed by atoms with van der Waals surface area (Å²) in [6.45, 7) is 23.2. The normalized spacial score (nSPS) is 21.8. The molecule has 9 nitrogen and oxygen atoms in total. The number of esters is 2. The average Bonchev–Trinajstić information content (AvgIpc) is 4.17. The largest absolute Gasteiger partial charge is 0.490 e. The highest BCUT2D eigenvalue weighted by Gasteiger charge is 2.34. The van der Waals surface area contributed by atoms with Crippen LogP contribution in [0.3, 0.4) is 0 Å². The minimum atomic E-state index is -0.0859. The number of fused-ring (bicyclic) bond motifs is 2. The second-order valence-electron chi connectivity index (χ2n) is 24.5. The molecule has 77 heavy (non-hydrogen) atoms. The van der Waals surface area contributed by atoms with Crippen LogP contribution in [0.5, 0.6) is 11.5 Å². The van der Waals surface area contributed by atoms with Crippen molar-refractivity contribution in [3.63, 3.8) is 0 Å². The van der Waals surface area contributed by atoms with E-state index in [-0.39, 0.29) is 36.0 Å². The summed E-state index contributed by atoms with van der Waals surface area (Å²) in [7, 11) is 0. The number of rotatable bonds is 13. The fourth-order valence-corrected chi connectivity index (χ4v) is 12.0. The van der Waals surface area contributed by atoms with E-state index >= 15 is 0 Å². The summed E-state index contributed by atoms with van der Waals surface area (Å²) < 4.78 is 24.0. The van der Waals surface area contributed by atoms with E-state index in [1.807, 2.05) is 84.9 Å². The van der Waals surface area contributed by atoms with Gasteiger partial charge in [0.25, 0.3) is 0 Å². The molecule has 0 aromatic heterocycles. The van der Waals surface area contributed by atoms with Gasteiger partial charge in [-0.3, -0.25) is 19.3 Å². The first kappa shape index (κ1) is 57.2. The molecule has 0 spiro atoms. The van der Waals surface area contributed by atoms with E-state index < -0.39 is 0 Å². The quantitative estimate of drug-likeness (QED) is 0.0895. The molecule has 6 aromatic carbocycles. The van der Waals surface area contributed by atoms with E-state index in [1.165, 1.54) is 47.6 Å². The zero-order valence-corrected chi connectivity index (χ0v) is 47.4. The number of hydrogen-bond donors (Lipinski definition) is 1. The molecule has 0 unspecified atom stereocenters. The van der Waals surface area contributed by atoms with Crippen molar-refractivity contribution in [2.24, 2.45) is 34.5 Å². The van der Waals surface area contributed by atoms with Crippen molar-refractivity contribution in [2.75, 3.05) is 26.2 Å². The van der Waals surface area contributed by atoms with Crippen LogP contribution in [-0.2, 0) is 38.8 Å². The number of carbonyl (C=O) groups excluding carboxylic acids is 3. The third kappa shape index (κ3) is 15.6. The van der Waals surface area contributed by atoms with Gasteiger partial charge in [0.1, 0.15) is 24.7 Å². The molecule has 1 N–H and O–H groups in total. The monoisotopic (exact) mass is 1040 g/mol. The lowest BCUT2D eigenvalue weighted by atomic mass is 9.72. The van der Waals surface area contributed by atoms with Gasteiger partial charge in [-0.25, -0.2) is 0 Å². The van der Waals surface area contributed by atoms with Gasteiger partial charge in [0, 0.05) is 25.2 Å². The minimum absolute atomic E-state index is 0.0497. The number of carbonyl (C=O) groups is 3. The molecule has 9 heteroatoms. The molecule has 2 saturated heterocycles. The highest BCUT2D eigenvalue weighted by molar-refractivity contribution is 6.02. The number of nitrogens with zero attached hydrogens (tertiary/aromatic N) is 1. The van der Waals surface area contributed by atoms with Crippen LogP contribution < -0.4 is 14.8 Å². The maximum atomic E-state index is 12.8. The van der Waals surface area contributed by atoms with Gasteiger partial charge in [0.2, 0.25) is 0 Å². The molecule has 2 heterocycles. The number of hydrogen-bond acceptors (Lipinski definition) is 9. The average molecular weight is 1040 g/mol. The Morgan fingerprint density at radius 2 is 1.01 bits per heavy atom. The summed E-state index contributed by atoms with van der Waals surface area (Å²) in [4.78, 5) is 38.5. The van der Waals surface area contributed by atoms with Crippen molar-refractivity contribution >= 4 is 39.8 Å². The predicted molar refractivity (Wildman–Crippen MR) is 311 cm³/mol. The Kier molecular flexibility index (Phi) is 19.7. The van der Waals surface area contributed by atoms with Crippen LogP contribution in [0.4, 0.5) is 0 Å². The highest BCUT2D eigenvalue weighted by atomic mass is 16.5. The predicted octanol–water partition coefficient (Wildman–Crippen LogP) is 15.0. The standard InChI is InChI=1S/C34H43NO3.C22H28O2.C12H15NO2/c1-24-20-32(38-28-16-14-27(15-17-28)34(2,3)4)31(30-13-9-8-12-29(24)30)22-35-19-18-26(21-35)33(36)37-23-25-10-6-5-7-11-25;1-15-13-21(20(14-23)19-8-6-5-7-18(15)19)24-17-11-9-16(10-12-17)22(2,3)4;14-12(11-6-7-13-8-11)15-9-10-4-2-1-3-5-10/h5-13,20,26-28H,14-19,21-23H2,1-4H3;5-8,13-14,16-17H,9-12H2,1-4H3;1-5,11,13H,6-9H2/t26-,27?,28?;;11-/m1.1/s1. The van der Waals surface area contributed by atoms with Gasteiger partial charge in [-0.1, -0.05) is 151 Å². The van der Waals surface area contributed by atoms with Crippen LogP contribution in [0.25, 0.3) is 21.5 Å². The molecule has 0 amide bonds. The summed E-state index contributed by atoms with van der Waals surface area (Å²) in [6, 6.07) is 40.7. The summed E-state index contributed by atoms with van der Waals surface area (Å²) in [5.41, 5.74) is 7.16. The molecular weight excluding hydrogens is 957 g/mol. The molecule has 0 radical (unpaired) electrons. The van der Waals surface area contributed by atoms with E-state index in [9.17, 15) is 14.4 Å². The van der Waals surface area contributed by atoms with E-state index in [0.29, 0.717) is 29.6 Å². The van der Waals surface area contributed by atoms with Crippen molar-refractivity contribution in [1.82, 2.24) is 10.2 Å². The van der Waals surface area contributed by atoms with Crippen molar-refractivity contribution in [3.8, 4) is 11.5 Å². The number of nitrogens with one attached hydrogen (secondary N) is 1. The first-order valence-electron chi connectivity index (χ1n) is 28.7. The third-order valence-corrected chi connectivity index (χ3v) is 16.9. The Labute approximate surface area is 459 Å². The number of benzene rings is 6. The fourth-order valence-electron chi connectivity index (χ4n) is 12.0. The Bertz CT molecular complexity index is 2860. The second kappa shape index (κ2) is 26.5. The summed E-state index contributed by atoms with van der Waals surface area (Å²) in [6.07, 6.45) is 12.4. The Balaban J connectivity index is 0.000000170. The molecule has 6 aromatic rings. The molecule has 410 valence electrons. The maximum Gasteiger partial charge on any atom is 0.310 e. The summed E-state index contributed by atoms with van der Waals surface area (Å²) in [5.74, 6) is 3.11. The molecule has 4 fully saturated rings. The van der Waals surface area contributed by atoms with E-state index in [1.54, 1.807) is 0 Å². The smallest absolute Gasteiger partial charge is 0.310 e. The lowest BCUT2D eigenvalue weighted by Crippen LogP contribution is -2.31. The summed E-state index contributed by atoms with van der Waals surface area (Å²) in [5, 5.41) is 7.82. The van der Waals surface area contributed by atoms with Gasteiger partial charge in [-0.05, 0) is 170 Å². The van der Waals surface area contributed by atoms with Crippen LogP contribution in [0.2, 0.25) is 0 Å². The molecule has 2 aliphatic carbocycles. The number of aryl methyl sites for hydroxylation is 2. The van der Waals surface area contributed by atoms with Crippen LogP contribution in [0.15, 0.2) is 121 Å². The van der Waals surface area contributed by atoms with Gasteiger partial charge in [0.15, 0.2) is 6.29 Å². The third-order valence-electron chi connectivity index (χ3n) is 16.9. The Morgan fingerprint density at radius 3 is 1.51 bits per heavy atom. The van der Waals surface area contributed by atoms with Gasteiger partial charge in [0.05, 0.1) is 29.6 Å². The number of aldehydes is 1. The van der Waals surface area contributed by atoms with E-state index in [2.05, 4.69) is 102 Å². The van der Waals surface area contributed by atoms with Crippen LogP contribution >= 0.6 is 0 Å². The molecule has 2 aliphatic heterocycles. The Hall–Kier alpha value is -6.03. The van der Waals surface area contributed by atoms with Crippen molar-refractivity contribution in [1.29, 1.82) is 0 Å².